The van der Waals surface area contributed by atoms with Gasteiger partial charge in [0.25, 0.3) is 5.91 Å². The van der Waals surface area contributed by atoms with E-state index in [1.165, 1.54) is 13.0 Å². The summed E-state index contributed by atoms with van der Waals surface area (Å²) >= 11 is 5.79. The van der Waals surface area contributed by atoms with Gasteiger partial charge in [0.15, 0.2) is 0 Å². The largest absolute Gasteiger partial charge is 0.449 e. The third-order valence-corrected chi connectivity index (χ3v) is 4.43. The lowest BCUT2D eigenvalue weighted by atomic mass is 9.96. The Balaban J connectivity index is 2.53. The number of hydrogen-bond donors (Lipinski definition) is 1. The highest BCUT2D eigenvalue weighted by molar-refractivity contribution is 6.31. The molecule has 0 bridgehead atoms. The molecule has 1 heterocycles. The number of carbonyl (C=O) groups is 2. The predicted octanol–water partition coefficient (Wildman–Crippen LogP) is 3.82. The van der Waals surface area contributed by atoms with E-state index in [2.05, 4.69) is 10.3 Å². The number of ketones is 1. The van der Waals surface area contributed by atoms with Crippen LogP contribution in [0.5, 0.6) is 17.4 Å². The van der Waals surface area contributed by atoms with Crippen molar-refractivity contribution in [3.8, 4) is 23.4 Å². The molecule has 174 valence electrons. The smallest absolute Gasteiger partial charge is 0.417 e. The molecule has 0 saturated carbocycles. The molecule has 1 amide bonds. The monoisotopic (exact) mass is 486 g/mol. The first kappa shape index (κ1) is 25.3. The number of likely N-dealkylation sites (N-methyl/N-ethyl adjacent to an activating group) is 1. The zero-order chi connectivity index (χ0) is 25.0. The molecule has 0 saturated heterocycles. The molecule has 1 aromatic carbocycles. The average Bonchev–Trinajstić information content (AvgIpc) is 2.76. The molecule has 2 aromatic rings. The number of nitro groups is 1. The summed E-state index contributed by atoms with van der Waals surface area (Å²) in [5.41, 5.74) is -4.59. The van der Waals surface area contributed by atoms with Crippen molar-refractivity contribution in [2.75, 3.05) is 7.05 Å². The number of alkyl halides is 3. The van der Waals surface area contributed by atoms with Crippen molar-refractivity contribution in [2.24, 2.45) is 0 Å². The molecule has 10 nitrogen and oxygen atoms in total. The highest BCUT2D eigenvalue weighted by Crippen LogP contribution is 2.38. The van der Waals surface area contributed by atoms with Crippen LogP contribution in [0.3, 0.4) is 0 Å². The second-order valence-corrected chi connectivity index (χ2v) is 6.66. The fraction of sp³-hybridized carbons (Fsp3) is 0.263. The molecule has 0 aliphatic carbocycles. The number of nitrogens with zero attached hydrogens (tertiary/aromatic N) is 3. The number of halogens is 4. The van der Waals surface area contributed by atoms with Crippen molar-refractivity contribution in [1.29, 1.82) is 5.26 Å². The Labute approximate surface area is 189 Å². The van der Waals surface area contributed by atoms with Crippen LogP contribution in [0.4, 0.5) is 18.9 Å². The van der Waals surface area contributed by atoms with Crippen LogP contribution < -0.4 is 14.8 Å². The molecule has 0 aliphatic rings. The van der Waals surface area contributed by atoms with E-state index in [1.807, 2.05) is 0 Å². The van der Waals surface area contributed by atoms with E-state index in [-0.39, 0.29) is 12.2 Å². The van der Waals surface area contributed by atoms with Crippen molar-refractivity contribution in [1.82, 2.24) is 10.3 Å². The van der Waals surface area contributed by atoms with E-state index in [9.17, 15) is 38.1 Å². The Kier molecular flexibility index (Phi) is 7.45. The maximum Gasteiger partial charge on any atom is 0.417 e. The minimum absolute atomic E-state index is 0.252. The van der Waals surface area contributed by atoms with Crippen LogP contribution >= 0.6 is 11.6 Å². The number of Topliss-reactive ketones (excluding diaryl/α,β-unsaturated/α-hetero) is 1. The van der Waals surface area contributed by atoms with Gasteiger partial charge >= 0.3 is 17.5 Å². The summed E-state index contributed by atoms with van der Waals surface area (Å²) in [4.78, 5) is 38.6. The number of ether oxygens (including phenoxy) is 2. The van der Waals surface area contributed by atoms with E-state index in [0.29, 0.717) is 12.3 Å². The number of aromatic nitrogens is 1. The van der Waals surface area contributed by atoms with E-state index >= 15 is 0 Å². The van der Waals surface area contributed by atoms with Crippen LogP contribution in [-0.2, 0) is 15.8 Å². The number of benzene rings is 1. The quantitative estimate of drug-likeness (QED) is 0.337. The van der Waals surface area contributed by atoms with Crippen LogP contribution in [0.1, 0.15) is 18.9 Å². The van der Waals surface area contributed by atoms with Gasteiger partial charge in [0.05, 0.1) is 10.5 Å². The molecule has 1 unspecified atom stereocenters. The van der Waals surface area contributed by atoms with Crippen LogP contribution in [0.25, 0.3) is 0 Å². The van der Waals surface area contributed by atoms with Gasteiger partial charge in [-0.15, -0.1) is 0 Å². The number of rotatable bonds is 8. The summed E-state index contributed by atoms with van der Waals surface area (Å²) in [7, 11) is 1.13. The van der Waals surface area contributed by atoms with Crippen molar-refractivity contribution in [2.45, 2.75) is 25.1 Å². The standard InChI is InChI=1S/C19H14ClF3N4O6/c1-3-15(28)18(9-24,17(29)25-2)33-14-7-11(4-5-13(14)27(30)31)32-16-12(20)6-10(8-26-16)19(21,22)23/h4-8H,3H2,1-2H3,(H,25,29). The van der Waals surface area contributed by atoms with Gasteiger partial charge in [-0.25, -0.2) is 4.98 Å². The summed E-state index contributed by atoms with van der Waals surface area (Å²) in [6, 6.07) is 4.81. The SMILES string of the molecule is CCC(=O)C(C#N)(Oc1cc(Oc2ncc(C(F)(F)F)cc2Cl)ccc1[N+](=O)[O-])C(=O)NC. The van der Waals surface area contributed by atoms with Gasteiger partial charge in [-0.3, -0.25) is 19.7 Å². The van der Waals surface area contributed by atoms with Gasteiger partial charge in [-0.1, -0.05) is 18.5 Å². The first-order valence-electron chi connectivity index (χ1n) is 8.94. The third-order valence-electron chi connectivity index (χ3n) is 4.16. The molecule has 0 aliphatic heterocycles. The van der Waals surface area contributed by atoms with E-state index in [0.717, 1.165) is 25.2 Å². The zero-order valence-electron chi connectivity index (χ0n) is 16.9. The molecule has 1 aromatic heterocycles. The lowest BCUT2D eigenvalue weighted by molar-refractivity contribution is -0.386. The number of carbonyl (C=O) groups excluding carboxylic acids is 2. The van der Waals surface area contributed by atoms with Gasteiger partial charge in [0, 0.05) is 31.8 Å². The second kappa shape index (κ2) is 9.70. The number of nitro benzene ring substituents is 1. The Morgan fingerprint density at radius 1 is 1.33 bits per heavy atom. The van der Waals surface area contributed by atoms with Crippen molar-refractivity contribution >= 4 is 29.0 Å². The van der Waals surface area contributed by atoms with E-state index in [4.69, 9.17) is 21.1 Å². The number of hydrogen-bond acceptors (Lipinski definition) is 8. The molecular weight excluding hydrogens is 473 g/mol. The van der Waals surface area contributed by atoms with Gasteiger partial charge in [-0.2, -0.15) is 18.4 Å². The van der Waals surface area contributed by atoms with Crippen molar-refractivity contribution in [3.05, 3.63) is 51.2 Å². The van der Waals surface area contributed by atoms with Crippen LogP contribution in [0, 0.1) is 21.4 Å². The second-order valence-electron chi connectivity index (χ2n) is 6.25. The Bertz CT molecular complexity index is 1130. The topological polar surface area (TPSA) is 144 Å². The molecule has 2 rings (SSSR count). The summed E-state index contributed by atoms with van der Waals surface area (Å²) in [5.74, 6) is -3.54. The summed E-state index contributed by atoms with van der Waals surface area (Å²) in [5, 5.41) is 22.5. The molecule has 0 spiro atoms. The summed E-state index contributed by atoms with van der Waals surface area (Å²) < 4.78 is 48.9. The fourth-order valence-corrected chi connectivity index (χ4v) is 2.72. The summed E-state index contributed by atoms with van der Waals surface area (Å²) in [6.45, 7) is 1.35. The zero-order valence-corrected chi connectivity index (χ0v) is 17.7. The van der Waals surface area contributed by atoms with Crippen LogP contribution in [0.2, 0.25) is 5.02 Å². The van der Waals surface area contributed by atoms with E-state index in [1.54, 1.807) is 0 Å². The molecule has 0 radical (unpaired) electrons. The minimum atomic E-state index is -4.70. The maximum atomic E-state index is 12.8. The first-order chi connectivity index (χ1) is 15.4. The molecule has 14 heteroatoms. The molecule has 33 heavy (non-hydrogen) atoms. The Hall–Kier alpha value is -3.92. The van der Waals surface area contributed by atoms with E-state index < -0.39 is 56.3 Å². The average molecular weight is 487 g/mol. The van der Waals surface area contributed by atoms with Crippen LogP contribution in [-0.4, -0.2) is 34.2 Å². The predicted molar refractivity (Wildman–Crippen MR) is 106 cm³/mol. The van der Waals surface area contributed by atoms with Gasteiger partial charge < -0.3 is 14.8 Å². The van der Waals surface area contributed by atoms with Gasteiger partial charge in [0.2, 0.25) is 17.4 Å². The Morgan fingerprint density at radius 3 is 2.48 bits per heavy atom. The van der Waals surface area contributed by atoms with Gasteiger partial charge in [-0.05, 0) is 12.1 Å². The normalized spacial score (nSPS) is 12.8. The van der Waals surface area contributed by atoms with Gasteiger partial charge in [0.1, 0.15) is 16.8 Å². The number of amides is 1. The molecule has 1 N–H and O–H groups in total. The molecule has 0 fully saturated rings. The maximum absolute atomic E-state index is 12.8. The number of pyridine rings is 1. The van der Waals surface area contributed by atoms with Crippen molar-refractivity contribution < 1.29 is 37.2 Å². The number of nitriles is 1. The first-order valence-corrected chi connectivity index (χ1v) is 9.32. The lowest BCUT2D eigenvalue weighted by Crippen LogP contribution is -2.55. The Morgan fingerprint density at radius 2 is 2.00 bits per heavy atom. The molecule has 1 atom stereocenters. The number of nitrogens with one attached hydrogen (secondary N) is 1. The summed E-state index contributed by atoms with van der Waals surface area (Å²) in [6.07, 6.45) is -4.54. The molecular formula is C19H14ClF3N4O6. The highest BCUT2D eigenvalue weighted by atomic mass is 35.5. The lowest BCUT2D eigenvalue weighted by Gasteiger charge is -2.24. The highest BCUT2D eigenvalue weighted by Gasteiger charge is 2.49. The third kappa shape index (κ3) is 5.29. The van der Waals surface area contributed by atoms with Crippen LogP contribution in [0.15, 0.2) is 30.5 Å². The fourth-order valence-electron chi connectivity index (χ4n) is 2.51. The van der Waals surface area contributed by atoms with Crippen molar-refractivity contribution in [3.63, 3.8) is 0 Å². The minimum Gasteiger partial charge on any atom is -0.449 e.